The van der Waals surface area contributed by atoms with Gasteiger partial charge in [-0.2, -0.15) is 0 Å². The summed E-state index contributed by atoms with van der Waals surface area (Å²) in [5, 5.41) is 11.0. The van der Waals surface area contributed by atoms with Crippen molar-refractivity contribution in [2.45, 2.75) is 22.1 Å². The summed E-state index contributed by atoms with van der Waals surface area (Å²) in [5.74, 6) is -2.52. The highest BCUT2D eigenvalue weighted by molar-refractivity contribution is 7.93. The van der Waals surface area contributed by atoms with Crippen LogP contribution in [0.1, 0.15) is 17.3 Å². The first-order chi connectivity index (χ1) is 11.5. The van der Waals surface area contributed by atoms with Crippen LogP contribution in [0.5, 0.6) is 0 Å². The van der Waals surface area contributed by atoms with Crippen LogP contribution in [0.25, 0.3) is 0 Å². The molecule has 0 fully saturated rings. The molecular weight excluding hydrogens is 395 g/mol. The lowest BCUT2D eigenvalue weighted by atomic mass is 10.3. The highest BCUT2D eigenvalue weighted by Crippen LogP contribution is 2.36. The van der Waals surface area contributed by atoms with Gasteiger partial charge in [-0.05, 0) is 31.2 Å². The molecule has 0 saturated carbocycles. The number of amides is 2. The number of hydrogen-bond donors (Lipinski definition) is 3. The molecule has 11 heteroatoms. The SMILES string of the molecule is CC(O)C(=O)Nc1sc(S(=O)(=O)c2ccc(F)cc2Cl)cc1C(N)=O. The van der Waals surface area contributed by atoms with Gasteiger partial charge in [-0.25, -0.2) is 12.8 Å². The monoisotopic (exact) mass is 406 g/mol. The van der Waals surface area contributed by atoms with Gasteiger partial charge in [-0.3, -0.25) is 9.59 Å². The topological polar surface area (TPSA) is 127 Å². The Kier molecular flexibility index (Phi) is 5.47. The number of carbonyl (C=O) groups excluding carboxylic acids is 2. The van der Waals surface area contributed by atoms with Crippen molar-refractivity contribution in [1.29, 1.82) is 0 Å². The van der Waals surface area contributed by atoms with Crippen LogP contribution < -0.4 is 11.1 Å². The Morgan fingerprint density at radius 3 is 2.52 bits per heavy atom. The molecule has 1 heterocycles. The summed E-state index contributed by atoms with van der Waals surface area (Å²) in [6.45, 7) is 1.20. The van der Waals surface area contributed by atoms with Crippen LogP contribution in [-0.2, 0) is 14.6 Å². The van der Waals surface area contributed by atoms with E-state index < -0.39 is 33.6 Å². The van der Waals surface area contributed by atoms with Crippen LogP contribution in [0, 0.1) is 5.82 Å². The molecule has 2 aromatic rings. The van der Waals surface area contributed by atoms with E-state index in [0.29, 0.717) is 11.3 Å². The average molecular weight is 407 g/mol. The number of benzene rings is 1. The molecule has 0 aliphatic carbocycles. The minimum absolute atomic E-state index is 0.129. The Hall–Kier alpha value is -2.01. The number of primary amides is 1. The van der Waals surface area contributed by atoms with E-state index in [-0.39, 0.29) is 24.7 Å². The van der Waals surface area contributed by atoms with Crippen molar-refractivity contribution in [2.24, 2.45) is 5.73 Å². The van der Waals surface area contributed by atoms with Crippen molar-refractivity contribution < 1.29 is 27.5 Å². The molecule has 25 heavy (non-hydrogen) atoms. The molecule has 1 aromatic carbocycles. The Labute approximate surface area is 151 Å². The zero-order valence-electron chi connectivity index (χ0n) is 12.6. The molecular formula is C14H12ClFN2O5S2. The lowest BCUT2D eigenvalue weighted by Crippen LogP contribution is -2.25. The average Bonchev–Trinajstić information content (AvgIpc) is 2.91. The van der Waals surface area contributed by atoms with E-state index in [1.54, 1.807) is 0 Å². The second-order valence-corrected chi connectivity index (χ2v) is 8.52. The number of hydrogen-bond acceptors (Lipinski definition) is 6. The van der Waals surface area contributed by atoms with Crippen LogP contribution in [0.4, 0.5) is 9.39 Å². The van der Waals surface area contributed by atoms with Gasteiger partial charge in [0.25, 0.3) is 11.8 Å². The van der Waals surface area contributed by atoms with Crippen LogP contribution in [0.3, 0.4) is 0 Å². The number of halogens is 2. The van der Waals surface area contributed by atoms with Crippen molar-refractivity contribution in [3.05, 3.63) is 40.7 Å². The number of aliphatic hydroxyl groups is 1. The summed E-state index contributed by atoms with van der Waals surface area (Å²) in [4.78, 5) is 22.7. The summed E-state index contributed by atoms with van der Waals surface area (Å²) in [6, 6.07) is 3.75. The Balaban J connectivity index is 2.55. The van der Waals surface area contributed by atoms with Crippen molar-refractivity contribution >= 4 is 49.6 Å². The Morgan fingerprint density at radius 2 is 2.00 bits per heavy atom. The van der Waals surface area contributed by atoms with E-state index >= 15 is 0 Å². The fraction of sp³-hybridized carbons (Fsp3) is 0.143. The van der Waals surface area contributed by atoms with E-state index in [1.165, 1.54) is 6.92 Å². The fourth-order valence-corrected chi connectivity index (χ4v) is 5.08. The van der Waals surface area contributed by atoms with Crippen LogP contribution in [0.2, 0.25) is 5.02 Å². The van der Waals surface area contributed by atoms with Crippen molar-refractivity contribution in [3.63, 3.8) is 0 Å². The van der Waals surface area contributed by atoms with E-state index in [0.717, 1.165) is 24.3 Å². The fourth-order valence-electron chi connectivity index (χ4n) is 1.79. The normalized spacial score (nSPS) is 12.6. The number of rotatable bonds is 5. The molecule has 0 aliphatic rings. The molecule has 0 spiro atoms. The largest absolute Gasteiger partial charge is 0.384 e. The van der Waals surface area contributed by atoms with Crippen LogP contribution >= 0.6 is 22.9 Å². The standard InChI is InChI=1S/C14H12ClFN2O5S2/c1-6(19)13(21)18-14-8(12(17)20)5-11(24-14)25(22,23)10-3-2-7(16)4-9(10)15/h2-6,19H,1H3,(H2,17,20)(H,18,21). The molecule has 1 atom stereocenters. The zero-order valence-corrected chi connectivity index (χ0v) is 15.0. The summed E-state index contributed by atoms with van der Waals surface area (Å²) >= 11 is 6.35. The van der Waals surface area contributed by atoms with E-state index in [9.17, 15) is 27.5 Å². The van der Waals surface area contributed by atoms with Gasteiger partial charge < -0.3 is 16.2 Å². The molecule has 1 aromatic heterocycles. The van der Waals surface area contributed by atoms with Crippen molar-refractivity contribution in [2.75, 3.05) is 5.32 Å². The maximum atomic E-state index is 13.1. The molecule has 4 N–H and O–H groups in total. The maximum Gasteiger partial charge on any atom is 0.253 e. The predicted octanol–water partition coefficient (Wildman–Crippen LogP) is 1.79. The number of carbonyl (C=O) groups is 2. The van der Waals surface area contributed by atoms with Gasteiger partial charge in [0.1, 0.15) is 21.1 Å². The molecule has 2 amide bonds. The van der Waals surface area contributed by atoms with Gasteiger partial charge in [0.15, 0.2) is 0 Å². The number of sulfone groups is 1. The first-order valence-electron chi connectivity index (χ1n) is 6.66. The molecule has 0 bridgehead atoms. The van der Waals surface area contributed by atoms with Crippen LogP contribution in [0.15, 0.2) is 33.4 Å². The third kappa shape index (κ3) is 3.98. The highest BCUT2D eigenvalue weighted by atomic mass is 35.5. The summed E-state index contributed by atoms with van der Waals surface area (Å²) < 4.78 is 38.1. The predicted molar refractivity (Wildman–Crippen MR) is 90.0 cm³/mol. The molecule has 1 unspecified atom stereocenters. The van der Waals surface area contributed by atoms with E-state index in [4.69, 9.17) is 17.3 Å². The van der Waals surface area contributed by atoms with Crippen LogP contribution in [-0.4, -0.2) is 31.4 Å². The van der Waals surface area contributed by atoms with Gasteiger partial charge in [-0.1, -0.05) is 11.6 Å². The van der Waals surface area contributed by atoms with Gasteiger partial charge >= 0.3 is 0 Å². The maximum absolute atomic E-state index is 13.1. The summed E-state index contributed by atoms with van der Waals surface area (Å²) in [5.41, 5.74) is 4.95. The number of anilines is 1. The number of thiophene rings is 1. The third-order valence-corrected chi connectivity index (χ3v) is 6.80. The van der Waals surface area contributed by atoms with Gasteiger partial charge in [-0.15, -0.1) is 11.3 Å². The van der Waals surface area contributed by atoms with E-state index in [2.05, 4.69) is 5.32 Å². The minimum atomic E-state index is -4.18. The first-order valence-corrected chi connectivity index (χ1v) is 9.34. The lowest BCUT2D eigenvalue weighted by molar-refractivity contribution is -0.123. The smallest absolute Gasteiger partial charge is 0.253 e. The van der Waals surface area contributed by atoms with Crippen molar-refractivity contribution in [1.82, 2.24) is 0 Å². The van der Waals surface area contributed by atoms with E-state index in [1.807, 2.05) is 0 Å². The second kappa shape index (κ2) is 7.08. The lowest BCUT2D eigenvalue weighted by Gasteiger charge is -2.06. The highest BCUT2D eigenvalue weighted by Gasteiger charge is 2.27. The Bertz CT molecular complexity index is 956. The quantitative estimate of drug-likeness (QED) is 0.652. The summed E-state index contributed by atoms with van der Waals surface area (Å²) in [6.07, 6.45) is -1.38. The van der Waals surface area contributed by atoms with Gasteiger partial charge in [0.05, 0.1) is 15.5 Å². The Morgan fingerprint density at radius 1 is 1.36 bits per heavy atom. The summed E-state index contributed by atoms with van der Waals surface area (Å²) in [7, 11) is -4.18. The van der Waals surface area contributed by atoms with Gasteiger partial charge in [0.2, 0.25) is 9.84 Å². The number of aliphatic hydroxyl groups excluding tert-OH is 1. The molecule has 0 saturated heterocycles. The molecule has 134 valence electrons. The third-order valence-electron chi connectivity index (χ3n) is 3.04. The molecule has 2 rings (SSSR count). The number of nitrogens with one attached hydrogen (secondary N) is 1. The zero-order chi connectivity index (χ0) is 18.9. The second-order valence-electron chi connectivity index (χ2n) is 4.92. The minimum Gasteiger partial charge on any atom is -0.384 e. The van der Waals surface area contributed by atoms with Crippen molar-refractivity contribution in [3.8, 4) is 0 Å². The first kappa shape index (κ1) is 19.3. The molecule has 0 aliphatic heterocycles. The molecule has 7 nitrogen and oxygen atoms in total. The number of nitrogens with two attached hydrogens (primary N) is 1. The molecule has 0 radical (unpaired) electrons. The van der Waals surface area contributed by atoms with Gasteiger partial charge in [0, 0.05) is 0 Å².